The number of hydrogen-bond acceptors (Lipinski definition) is 3. The minimum atomic E-state index is -4.90. The quantitative estimate of drug-likeness (QED) is 0.394. The standard InChI is InChI=1S/C4H7F3N2O2S/c1-3(2)8(9(10)12)11-4(5,6)7/h3H,1-2H3. The molecule has 0 heterocycles. The number of hydroxylamine groups is 1. The Labute approximate surface area is 72.3 Å². The maximum absolute atomic E-state index is 11.6. The second-order valence-corrected chi connectivity index (χ2v) is 2.48. The molecule has 0 aromatic carbocycles. The third kappa shape index (κ3) is 4.29. The van der Waals surface area contributed by atoms with Gasteiger partial charge in [-0.25, -0.2) is 0 Å². The maximum Gasteiger partial charge on any atom is 0.548 e. The lowest BCUT2D eigenvalue weighted by molar-refractivity contribution is -0.708. The van der Waals surface area contributed by atoms with E-state index in [0.717, 1.165) is 0 Å². The fourth-order valence-corrected chi connectivity index (χ4v) is 0.655. The smallest absolute Gasteiger partial charge is 0.330 e. The summed E-state index contributed by atoms with van der Waals surface area (Å²) in [6, 6.07) is -0.776. The van der Waals surface area contributed by atoms with Crippen LogP contribution in [0, 0.1) is 4.91 Å². The highest BCUT2D eigenvalue weighted by Crippen LogP contribution is 2.19. The molecule has 0 aliphatic carbocycles. The second-order valence-electron chi connectivity index (χ2n) is 2.17. The van der Waals surface area contributed by atoms with Crippen LogP contribution in [0.15, 0.2) is 0 Å². The number of hydrazine groups is 1. The average Bonchev–Trinajstić information content (AvgIpc) is 1.79. The van der Waals surface area contributed by atoms with E-state index in [4.69, 9.17) is 0 Å². The van der Waals surface area contributed by atoms with E-state index in [1.54, 1.807) is 0 Å². The molecule has 0 saturated heterocycles. The first-order chi connectivity index (χ1) is 5.24. The summed E-state index contributed by atoms with van der Waals surface area (Å²) in [6.45, 7) is 2.67. The van der Waals surface area contributed by atoms with Crippen molar-refractivity contribution in [2.24, 2.45) is 0 Å². The van der Waals surface area contributed by atoms with Crippen LogP contribution in [-0.2, 0) is 17.7 Å². The summed E-state index contributed by atoms with van der Waals surface area (Å²) in [7, 11) is 0. The van der Waals surface area contributed by atoms with Crippen molar-refractivity contribution in [1.82, 2.24) is 5.17 Å². The number of nitroso groups, excluding NO2 is 1. The third-order valence-electron chi connectivity index (χ3n) is 0.800. The highest BCUT2D eigenvalue weighted by atomic mass is 32.1. The van der Waals surface area contributed by atoms with E-state index in [0.29, 0.717) is 0 Å². The van der Waals surface area contributed by atoms with E-state index in [9.17, 15) is 18.1 Å². The summed E-state index contributed by atoms with van der Waals surface area (Å²) in [6.07, 6.45) is -4.90. The predicted octanol–water partition coefficient (Wildman–Crippen LogP) is 1.30. The molecular formula is C4H7F3N2O2S. The van der Waals surface area contributed by atoms with E-state index in [-0.39, 0.29) is 5.17 Å². The molecule has 0 aromatic heterocycles. The van der Waals surface area contributed by atoms with E-state index in [1.807, 2.05) is 0 Å². The van der Waals surface area contributed by atoms with Crippen LogP contribution >= 0.6 is 0 Å². The van der Waals surface area contributed by atoms with Crippen LogP contribution in [-0.4, -0.2) is 21.9 Å². The third-order valence-corrected chi connectivity index (χ3v) is 0.961. The molecule has 0 unspecified atom stereocenters. The van der Waals surface area contributed by atoms with Crippen LogP contribution in [0.1, 0.15) is 13.8 Å². The molecule has 12 heavy (non-hydrogen) atoms. The number of nitrogens with zero attached hydrogens (tertiary/aromatic N) is 2. The van der Waals surface area contributed by atoms with Gasteiger partial charge in [0.2, 0.25) is 0 Å². The lowest BCUT2D eigenvalue weighted by Crippen LogP contribution is -2.40. The Morgan fingerprint density at radius 1 is 1.50 bits per heavy atom. The molecule has 0 aromatic rings. The van der Waals surface area contributed by atoms with Crippen molar-refractivity contribution < 1.29 is 22.3 Å². The molecule has 0 rings (SSSR count). The molecule has 0 spiro atoms. The second kappa shape index (κ2) is 3.85. The number of alkyl halides is 3. The van der Waals surface area contributed by atoms with Crippen LogP contribution in [0.5, 0.6) is 0 Å². The number of rotatable bonds is 3. The highest BCUT2D eigenvalue weighted by Gasteiger charge is 2.38. The Kier molecular flexibility index (Phi) is 3.65. The van der Waals surface area contributed by atoms with Gasteiger partial charge in [-0.15, -0.1) is 18.0 Å². The average molecular weight is 204 g/mol. The van der Waals surface area contributed by atoms with Crippen LogP contribution < -0.4 is 0 Å². The van der Waals surface area contributed by atoms with Crippen LogP contribution in [0.3, 0.4) is 0 Å². The van der Waals surface area contributed by atoms with Crippen molar-refractivity contribution in [1.29, 1.82) is 0 Å². The molecule has 72 valence electrons. The Morgan fingerprint density at radius 3 is 2.00 bits per heavy atom. The Balaban J connectivity index is 4.25. The van der Waals surface area contributed by atoms with E-state index < -0.39 is 16.7 Å². The topological polar surface area (TPSA) is 32.5 Å². The van der Waals surface area contributed by atoms with Crippen molar-refractivity contribution >= 4 is 12.8 Å². The van der Waals surface area contributed by atoms with Gasteiger partial charge in [-0.1, -0.05) is 0 Å². The van der Waals surface area contributed by atoms with Gasteiger partial charge in [0.25, 0.3) is 0 Å². The molecule has 0 radical (unpaired) electrons. The monoisotopic (exact) mass is 204 g/mol. The molecule has 0 fully saturated rings. The molecule has 8 heteroatoms. The largest absolute Gasteiger partial charge is 0.548 e. The molecule has 0 amide bonds. The first-order valence-corrected chi connectivity index (χ1v) is 3.30. The van der Waals surface area contributed by atoms with Crippen LogP contribution in [0.2, 0.25) is 0 Å². The zero-order valence-electron chi connectivity index (χ0n) is 6.33. The molecule has 0 N–H and O–H groups in total. The molecule has 0 bridgehead atoms. The van der Waals surface area contributed by atoms with Crippen molar-refractivity contribution in [3.05, 3.63) is 4.91 Å². The summed E-state index contributed by atoms with van der Waals surface area (Å²) in [5, 5.41) is 0.00926. The summed E-state index contributed by atoms with van der Waals surface area (Å²) < 4.78 is 34.2. The van der Waals surface area contributed by atoms with Gasteiger partial charge in [0.15, 0.2) is 0 Å². The fourth-order valence-electron chi connectivity index (χ4n) is 0.433. The van der Waals surface area contributed by atoms with Crippen molar-refractivity contribution in [2.75, 3.05) is 0 Å². The van der Waals surface area contributed by atoms with Gasteiger partial charge < -0.3 is 12.8 Å². The molecular weight excluding hydrogens is 197 g/mol. The number of halogens is 3. The number of hydrogen-bond donors (Lipinski definition) is 0. The van der Waals surface area contributed by atoms with Gasteiger partial charge in [-0.3, -0.25) is 0 Å². The first-order valence-electron chi connectivity index (χ1n) is 2.93. The summed E-state index contributed by atoms with van der Waals surface area (Å²) in [5.41, 5.74) is 0. The predicted molar refractivity (Wildman–Crippen MR) is 35.1 cm³/mol. The highest BCUT2D eigenvalue weighted by molar-refractivity contribution is 7.51. The maximum atomic E-state index is 11.6. The van der Waals surface area contributed by atoms with E-state index in [1.165, 1.54) is 13.8 Å². The van der Waals surface area contributed by atoms with Gasteiger partial charge in [-0.2, -0.15) is 0 Å². The normalized spacial score (nSPS) is 11.8. The zero-order chi connectivity index (χ0) is 9.94. The van der Waals surface area contributed by atoms with Crippen LogP contribution in [0.25, 0.3) is 0 Å². The summed E-state index contributed by atoms with van der Waals surface area (Å²) in [5.74, 6) is 0. The molecule has 0 saturated carbocycles. The molecule has 0 aliphatic heterocycles. The van der Waals surface area contributed by atoms with Crippen molar-refractivity contribution in [3.8, 4) is 0 Å². The van der Waals surface area contributed by atoms with Crippen molar-refractivity contribution in [3.63, 3.8) is 0 Å². The lowest BCUT2D eigenvalue weighted by atomic mass is 10.4. The minimum Gasteiger partial charge on any atom is -0.330 e. The Morgan fingerprint density at radius 2 is 1.92 bits per heavy atom. The SMILES string of the molecule is CC(C)N(OC(F)(F)F)[N+](=O)[S-]. The zero-order valence-corrected chi connectivity index (χ0v) is 7.15. The van der Waals surface area contributed by atoms with E-state index in [2.05, 4.69) is 17.7 Å². The van der Waals surface area contributed by atoms with Gasteiger partial charge in [0.05, 0.1) is 0 Å². The molecule has 0 atom stereocenters. The van der Waals surface area contributed by atoms with Gasteiger partial charge in [0.1, 0.15) is 6.04 Å². The van der Waals surface area contributed by atoms with Crippen LogP contribution in [0.4, 0.5) is 13.2 Å². The van der Waals surface area contributed by atoms with E-state index >= 15 is 0 Å². The van der Waals surface area contributed by atoms with Crippen molar-refractivity contribution in [2.45, 2.75) is 26.3 Å². The molecule has 4 nitrogen and oxygen atoms in total. The first kappa shape index (κ1) is 11.4. The Bertz CT molecular complexity index is 172. The minimum absolute atomic E-state index is 0.00926. The lowest BCUT2D eigenvalue weighted by Gasteiger charge is -2.19. The van der Waals surface area contributed by atoms with Gasteiger partial charge in [0, 0.05) is 9.18 Å². The van der Waals surface area contributed by atoms with Gasteiger partial charge in [-0.05, 0) is 19.0 Å². The Hall–Kier alpha value is -0.630. The summed E-state index contributed by atoms with van der Waals surface area (Å²) in [4.78, 5) is 13.6. The summed E-state index contributed by atoms with van der Waals surface area (Å²) >= 11 is 3.92. The van der Waals surface area contributed by atoms with Gasteiger partial charge >= 0.3 is 6.36 Å². The fraction of sp³-hybridized carbons (Fsp3) is 1.00. The molecule has 0 aliphatic rings.